The third-order valence-corrected chi connectivity index (χ3v) is 8.47. The van der Waals surface area contributed by atoms with Crippen LogP contribution in [0.25, 0.3) is 33.9 Å². The van der Waals surface area contributed by atoms with Gasteiger partial charge in [0.25, 0.3) is 11.8 Å². The van der Waals surface area contributed by atoms with E-state index in [2.05, 4.69) is 25.0 Å². The number of hydrogen-bond acceptors (Lipinski definition) is 10. The van der Waals surface area contributed by atoms with Crippen molar-refractivity contribution in [2.45, 2.75) is 12.7 Å². The fourth-order valence-electron chi connectivity index (χ4n) is 5.83. The molecule has 0 atom stereocenters. The Bertz CT molecular complexity index is 2140. The number of piperazine rings is 1. The van der Waals surface area contributed by atoms with Gasteiger partial charge in [-0.15, -0.1) is 0 Å². The Morgan fingerprint density at radius 2 is 1.69 bits per heavy atom. The molecule has 0 spiro atoms. The van der Waals surface area contributed by atoms with Gasteiger partial charge in [0.2, 0.25) is 11.7 Å². The lowest BCUT2D eigenvalue weighted by atomic mass is 10.2. The largest absolute Gasteiger partial charge is 0.496 e. The lowest BCUT2D eigenvalue weighted by molar-refractivity contribution is -0.153. The topological polar surface area (TPSA) is 121 Å². The molecule has 6 aromatic rings. The standard InChI is InChI=1S/C36H32F3N7O5/c1-44-29-18-26(50-32-20-40-28(19-41-32)34-42-33(43-51-34)27-5-3-4-6-31(27)48-2)12-9-24(29)17-30(44)35(47)46-15-13-45(14-16-46)21-23-7-10-25(11-8-23)49-22-36(37,38)39/h3-12,17-20H,13-16,21-22H2,1-2H3. The Kier molecular flexibility index (Phi) is 9.28. The van der Waals surface area contributed by atoms with Gasteiger partial charge in [-0.3, -0.25) is 9.69 Å². The number of alkyl halides is 3. The molecular formula is C36H32F3N7O5. The van der Waals surface area contributed by atoms with Crippen molar-refractivity contribution in [1.82, 2.24) is 34.5 Å². The van der Waals surface area contributed by atoms with E-state index in [-0.39, 0.29) is 23.4 Å². The molecule has 262 valence electrons. The molecule has 0 N–H and O–H groups in total. The predicted molar refractivity (Wildman–Crippen MR) is 179 cm³/mol. The minimum Gasteiger partial charge on any atom is -0.496 e. The molecule has 0 saturated carbocycles. The Labute approximate surface area is 290 Å². The summed E-state index contributed by atoms with van der Waals surface area (Å²) < 4.78 is 60.7. The third kappa shape index (κ3) is 7.62. The maximum Gasteiger partial charge on any atom is 0.422 e. The van der Waals surface area contributed by atoms with Crippen molar-refractivity contribution >= 4 is 16.8 Å². The van der Waals surface area contributed by atoms with Crippen LogP contribution in [0.5, 0.6) is 23.1 Å². The number of aromatic nitrogens is 5. The molecule has 3 aromatic carbocycles. The van der Waals surface area contributed by atoms with E-state index in [0.717, 1.165) is 16.5 Å². The first kappa shape index (κ1) is 33.5. The molecule has 1 fully saturated rings. The van der Waals surface area contributed by atoms with E-state index in [1.54, 1.807) is 25.3 Å². The average Bonchev–Trinajstić information content (AvgIpc) is 3.76. The van der Waals surface area contributed by atoms with Gasteiger partial charge in [-0.25, -0.2) is 9.97 Å². The molecule has 0 radical (unpaired) electrons. The van der Waals surface area contributed by atoms with Crippen LogP contribution in [-0.2, 0) is 13.6 Å². The minimum absolute atomic E-state index is 0.0710. The number of carbonyl (C=O) groups is 1. The number of ether oxygens (including phenoxy) is 3. The normalized spacial score (nSPS) is 13.8. The molecule has 1 amide bonds. The molecule has 15 heteroatoms. The molecular weight excluding hydrogens is 667 g/mol. The molecule has 51 heavy (non-hydrogen) atoms. The van der Waals surface area contributed by atoms with Gasteiger partial charge < -0.3 is 28.2 Å². The molecule has 1 saturated heterocycles. The number of carbonyl (C=O) groups excluding carboxylic acids is 1. The minimum atomic E-state index is -4.38. The van der Waals surface area contributed by atoms with Gasteiger partial charge in [0.1, 0.15) is 28.6 Å². The zero-order valence-electron chi connectivity index (χ0n) is 27.6. The number of rotatable bonds is 10. The van der Waals surface area contributed by atoms with Crippen LogP contribution in [0, 0.1) is 0 Å². The number of fused-ring (bicyclic) bond motifs is 1. The number of nitrogens with zero attached hydrogens (tertiary/aromatic N) is 7. The fraction of sp³-hybridized carbons (Fsp3) is 0.250. The monoisotopic (exact) mass is 699 g/mol. The SMILES string of the molecule is COc1ccccc1-c1noc(-c2cnc(Oc3ccc4cc(C(=O)N5CCN(Cc6ccc(OCC(F)(F)F)cc6)CC5)n(C)c4c3)cn2)n1. The van der Waals surface area contributed by atoms with Crippen molar-refractivity contribution in [3.63, 3.8) is 0 Å². The number of methoxy groups -OCH3 is 1. The zero-order chi connectivity index (χ0) is 35.5. The number of hydrogen-bond donors (Lipinski definition) is 0. The Morgan fingerprint density at radius 3 is 2.41 bits per heavy atom. The predicted octanol–water partition coefficient (Wildman–Crippen LogP) is 6.39. The third-order valence-electron chi connectivity index (χ3n) is 8.47. The van der Waals surface area contributed by atoms with Crippen LogP contribution < -0.4 is 14.2 Å². The van der Waals surface area contributed by atoms with E-state index in [1.807, 2.05) is 59.0 Å². The quantitative estimate of drug-likeness (QED) is 0.159. The highest BCUT2D eigenvalue weighted by molar-refractivity contribution is 5.99. The number of benzene rings is 3. The summed E-state index contributed by atoms with van der Waals surface area (Å²) in [6, 6.07) is 21.4. The molecule has 4 heterocycles. The first-order chi connectivity index (χ1) is 24.6. The van der Waals surface area contributed by atoms with Crippen molar-refractivity contribution in [3.8, 4) is 46.1 Å². The van der Waals surface area contributed by atoms with Crippen LogP contribution in [0.2, 0.25) is 0 Å². The summed E-state index contributed by atoms with van der Waals surface area (Å²) in [6.07, 6.45) is -1.43. The molecule has 0 aliphatic carbocycles. The van der Waals surface area contributed by atoms with Gasteiger partial charge in [0.05, 0.1) is 30.6 Å². The van der Waals surface area contributed by atoms with Gasteiger partial charge >= 0.3 is 6.18 Å². The van der Waals surface area contributed by atoms with Crippen LogP contribution in [0.15, 0.2) is 89.7 Å². The van der Waals surface area contributed by atoms with Gasteiger partial charge in [-0.1, -0.05) is 29.4 Å². The van der Waals surface area contributed by atoms with Gasteiger partial charge in [0, 0.05) is 51.2 Å². The van der Waals surface area contributed by atoms with Gasteiger partial charge in [-0.05, 0) is 48.0 Å². The number of amides is 1. The maximum absolute atomic E-state index is 13.6. The lowest BCUT2D eigenvalue weighted by Gasteiger charge is -2.34. The summed E-state index contributed by atoms with van der Waals surface area (Å²) in [6.45, 7) is 1.71. The smallest absolute Gasteiger partial charge is 0.422 e. The van der Waals surface area contributed by atoms with E-state index in [4.69, 9.17) is 18.7 Å². The highest BCUT2D eigenvalue weighted by atomic mass is 19.4. The molecule has 7 rings (SSSR count). The van der Waals surface area contributed by atoms with Crippen LogP contribution in [-0.4, -0.2) is 86.5 Å². The molecule has 1 aliphatic rings. The first-order valence-corrected chi connectivity index (χ1v) is 16.0. The lowest BCUT2D eigenvalue weighted by Crippen LogP contribution is -2.48. The van der Waals surface area contributed by atoms with Crippen LogP contribution in [0.3, 0.4) is 0 Å². The molecule has 1 aliphatic heterocycles. The van der Waals surface area contributed by atoms with Crippen molar-refractivity contribution in [3.05, 3.63) is 96.4 Å². The molecule has 0 unspecified atom stereocenters. The van der Waals surface area contributed by atoms with E-state index in [9.17, 15) is 18.0 Å². The van der Waals surface area contributed by atoms with Crippen molar-refractivity contribution in [2.24, 2.45) is 7.05 Å². The Morgan fingerprint density at radius 1 is 0.922 bits per heavy atom. The van der Waals surface area contributed by atoms with E-state index < -0.39 is 12.8 Å². The highest BCUT2D eigenvalue weighted by Crippen LogP contribution is 2.30. The van der Waals surface area contributed by atoms with Gasteiger partial charge in [0.15, 0.2) is 6.61 Å². The second kappa shape index (κ2) is 14.1. The maximum atomic E-state index is 13.6. The second-order valence-electron chi connectivity index (χ2n) is 11.9. The summed E-state index contributed by atoms with van der Waals surface area (Å²) in [5, 5.41) is 4.94. The van der Waals surface area contributed by atoms with Crippen LogP contribution in [0.1, 0.15) is 16.1 Å². The summed E-state index contributed by atoms with van der Waals surface area (Å²) in [7, 11) is 3.42. The van der Waals surface area contributed by atoms with Crippen molar-refractivity contribution < 1.29 is 36.7 Å². The van der Waals surface area contributed by atoms with E-state index >= 15 is 0 Å². The highest BCUT2D eigenvalue weighted by Gasteiger charge is 2.28. The molecule has 3 aromatic heterocycles. The van der Waals surface area contributed by atoms with Gasteiger partial charge in [-0.2, -0.15) is 18.2 Å². The Balaban J connectivity index is 0.955. The summed E-state index contributed by atoms with van der Waals surface area (Å²) in [5.41, 5.74) is 3.39. The first-order valence-electron chi connectivity index (χ1n) is 16.0. The molecule has 0 bridgehead atoms. The number of para-hydroxylation sites is 1. The summed E-state index contributed by atoms with van der Waals surface area (Å²) in [5.74, 6) is 2.07. The number of halogens is 3. The van der Waals surface area contributed by atoms with Crippen LogP contribution in [0.4, 0.5) is 13.2 Å². The fourth-order valence-corrected chi connectivity index (χ4v) is 5.83. The summed E-state index contributed by atoms with van der Waals surface area (Å²) in [4.78, 5) is 30.8. The Hall–Kier alpha value is -5.96. The zero-order valence-corrected chi connectivity index (χ0v) is 27.6. The summed E-state index contributed by atoms with van der Waals surface area (Å²) >= 11 is 0. The second-order valence-corrected chi connectivity index (χ2v) is 11.9. The van der Waals surface area contributed by atoms with E-state index in [0.29, 0.717) is 67.0 Å². The van der Waals surface area contributed by atoms with Crippen molar-refractivity contribution in [2.75, 3.05) is 39.9 Å². The number of aryl methyl sites for hydroxylation is 1. The van der Waals surface area contributed by atoms with Crippen molar-refractivity contribution in [1.29, 1.82) is 0 Å². The van der Waals surface area contributed by atoms with E-state index in [1.165, 1.54) is 24.5 Å². The van der Waals surface area contributed by atoms with Crippen LogP contribution >= 0.6 is 0 Å². The average molecular weight is 700 g/mol. The molecule has 12 nitrogen and oxygen atoms in total.